The van der Waals surface area contributed by atoms with Crippen molar-refractivity contribution in [3.63, 3.8) is 0 Å². The maximum atomic E-state index is 2.44. The normalized spacial score (nSPS) is 11.1. The number of hydrogen-bond donors (Lipinski definition) is 0. The van der Waals surface area contributed by atoms with Gasteiger partial charge in [-0.15, -0.1) is 0 Å². The van der Waals surface area contributed by atoms with Crippen molar-refractivity contribution in [1.29, 1.82) is 0 Å². The van der Waals surface area contributed by atoms with Crippen molar-refractivity contribution in [2.75, 3.05) is 9.80 Å². The molecule has 0 radical (unpaired) electrons. The van der Waals surface area contributed by atoms with Crippen molar-refractivity contribution in [2.24, 2.45) is 0 Å². The Labute approximate surface area is 340 Å². The molecule has 2 nitrogen and oxygen atoms in total. The minimum absolute atomic E-state index is 1.09. The SMILES string of the molecule is c1ccc(-c2ccccc2N(c2ccccc2)c2cc3cc(-c4ccccc4)c(N(c4ccccc4)c4cccc5ccccc45)cc3cc2-c2ccccc2)cc1. The minimum Gasteiger partial charge on any atom is -0.309 e. The van der Waals surface area contributed by atoms with E-state index in [9.17, 15) is 0 Å². The van der Waals surface area contributed by atoms with Crippen LogP contribution in [0.1, 0.15) is 0 Å². The molecule has 0 amide bonds. The van der Waals surface area contributed by atoms with Crippen molar-refractivity contribution < 1.29 is 0 Å². The lowest BCUT2D eigenvalue weighted by molar-refractivity contribution is 1.29. The highest BCUT2D eigenvalue weighted by Gasteiger charge is 2.24. The van der Waals surface area contributed by atoms with Crippen LogP contribution in [-0.4, -0.2) is 0 Å². The van der Waals surface area contributed by atoms with Gasteiger partial charge in [0.15, 0.2) is 0 Å². The lowest BCUT2D eigenvalue weighted by atomic mass is 9.92. The molecule has 0 spiro atoms. The summed E-state index contributed by atoms with van der Waals surface area (Å²) in [6.07, 6.45) is 0. The molecule has 274 valence electrons. The number of nitrogens with zero attached hydrogens (tertiary/aromatic N) is 2. The zero-order valence-electron chi connectivity index (χ0n) is 32.0. The predicted molar refractivity (Wildman–Crippen MR) is 247 cm³/mol. The highest BCUT2D eigenvalue weighted by Crippen LogP contribution is 2.49. The fraction of sp³-hybridized carbons (Fsp3) is 0. The number of anilines is 6. The molecule has 0 aliphatic carbocycles. The highest BCUT2D eigenvalue weighted by atomic mass is 15.2. The molecule has 10 aromatic rings. The molecule has 0 N–H and O–H groups in total. The van der Waals surface area contributed by atoms with E-state index in [2.05, 4.69) is 252 Å². The first-order valence-electron chi connectivity index (χ1n) is 19.9. The van der Waals surface area contributed by atoms with Crippen LogP contribution in [0.15, 0.2) is 243 Å². The Morgan fingerprint density at radius 1 is 0.224 bits per heavy atom. The quantitative estimate of drug-likeness (QED) is 0.145. The van der Waals surface area contributed by atoms with Crippen LogP contribution >= 0.6 is 0 Å². The van der Waals surface area contributed by atoms with Crippen molar-refractivity contribution in [2.45, 2.75) is 0 Å². The largest absolute Gasteiger partial charge is 0.309 e. The molecular weight excluding hydrogens is 701 g/mol. The molecule has 10 rings (SSSR count). The molecule has 0 heterocycles. The molecule has 10 aromatic carbocycles. The Morgan fingerprint density at radius 2 is 0.603 bits per heavy atom. The number of hydrogen-bond acceptors (Lipinski definition) is 2. The Balaban J connectivity index is 1.29. The first-order chi connectivity index (χ1) is 28.8. The standard InChI is InChI=1S/C56H40N2/c1-6-21-41(22-7-1)49-34-18-19-35-53(49)57(47-29-12-4-13-30-47)55-39-45-38-52(44-25-10-3-11-26-44)56(40-46(45)37-51(55)43-23-8-2-9-24-43)58(48-31-14-5-15-32-48)54-36-20-28-42-27-16-17-33-50(42)54/h1-40H. The smallest absolute Gasteiger partial charge is 0.0546 e. The van der Waals surface area contributed by atoms with Crippen molar-refractivity contribution >= 4 is 55.7 Å². The van der Waals surface area contributed by atoms with Gasteiger partial charge in [0.1, 0.15) is 0 Å². The lowest BCUT2D eigenvalue weighted by Gasteiger charge is -2.31. The zero-order valence-corrected chi connectivity index (χ0v) is 32.0. The van der Waals surface area contributed by atoms with Gasteiger partial charge in [0.05, 0.1) is 22.7 Å². The molecule has 0 bridgehead atoms. The summed E-state index contributed by atoms with van der Waals surface area (Å²) in [5.41, 5.74) is 13.6. The average Bonchev–Trinajstić information content (AvgIpc) is 3.31. The fourth-order valence-corrected chi connectivity index (χ4v) is 8.30. The maximum Gasteiger partial charge on any atom is 0.0546 e. The van der Waals surface area contributed by atoms with Crippen LogP contribution in [0.3, 0.4) is 0 Å². The van der Waals surface area contributed by atoms with Gasteiger partial charge in [-0.2, -0.15) is 0 Å². The molecule has 58 heavy (non-hydrogen) atoms. The van der Waals surface area contributed by atoms with Gasteiger partial charge >= 0.3 is 0 Å². The molecular formula is C56H40N2. The summed E-state index contributed by atoms with van der Waals surface area (Å²) in [4.78, 5) is 4.87. The number of para-hydroxylation sites is 3. The van der Waals surface area contributed by atoms with Gasteiger partial charge < -0.3 is 9.80 Å². The third kappa shape index (κ3) is 6.57. The second-order valence-electron chi connectivity index (χ2n) is 14.5. The van der Waals surface area contributed by atoms with Crippen LogP contribution < -0.4 is 9.80 Å². The van der Waals surface area contributed by atoms with E-state index in [1.807, 2.05) is 0 Å². The summed E-state index contributed by atoms with van der Waals surface area (Å²) in [7, 11) is 0. The highest BCUT2D eigenvalue weighted by molar-refractivity contribution is 6.07. The summed E-state index contributed by atoms with van der Waals surface area (Å²) < 4.78 is 0. The summed E-state index contributed by atoms with van der Waals surface area (Å²) >= 11 is 0. The second-order valence-corrected chi connectivity index (χ2v) is 14.5. The fourth-order valence-electron chi connectivity index (χ4n) is 8.30. The van der Waals surface area contributed by atoms with E-state index in [-0.39, 0.29) is 0 Å². The van der Waals surface area contributed by atoms with Gasteiger partial charge in [-0.25, -0.2) is 0 Å². The van der Waals surface area contributed by atoms with Gasteiger partial charge in [-0.05, 0) is 93.5 Å². The molecule has 0 fully saturated rings. The monoisotopic (exact) mass is 740 g/mol. The van der Waals surface area contributed by atoms with E-state index in [0.29, 0.717) is 0 Å². The Hall–Kier alpha value is -7.68. The van der Waals surface area contributed by atoms with Crippen molar-refractivity contribution in [3.05, 3.63) is 243 Å². The maximum absolute atomic E-state index is 2.44. The summed E-state index contributed by atoms with van der Waals surface area (Å²) in [5, 5.41) is 4.71. The third-order valence-electron chi connectivity index (χ3n) is 11.0. The van der Waals surface area contributed by atoms with Crippen LogP contribution in [0.2, 0.25) is 0 Å². The van der Waals surface area contributed by atoms with E-state index < -0.39 is 0 Å². The molecule has 0 aliphatic rings. The van der Waals surface area contributed by atoms with E-state index in [1.165, 1.54) is 21.9 Å². The van der Waals surface area contributed by atoms with E-state index in [4.69, 9.17) is 0 Å². The Morgan fingerprint density at radius 3 is 1.14 bits per heavy atom. The van der Waals surface area contributed by atoms with E-state index >= 15 is 0 Å². The van der Waals surface area contributed by atoms with Gasteiger partial charge in [-0.1, -0.05) is 182 Å². The topological polar surface area (TPSA) is 6.48 Å². The van der Waals surface area contributed by atoms with E-state index in [1.54, 1.807) is 0 Å². The first kappa shape index (κ1) is 34.8. The Bertz CT molecular complexity index is 2980. The summed E-state index contributed by atoms with van der Waals surface area (Å²) in [5.74, 6) is 0. The second kappa shape index (κ2) is 15.5. The van der Waals surface area contributed by atoms with Crippen LogP contribution in [0.5, 0.6) is 0 Å². The lowest BCUT2D eigenvalue weighted by Crippen LogP contribution is -2.13. The van der Waals surface area contributed by atoms with Crippen molar-refractivity contribution in [1.82, 2.24) is 0 Å². The molecule has 0 aliphatic heterocycles. The van der Waals surface area contributed by atoms with Gasteiger partial charge in [0, 0.05) is 33.5 Å². The number of fused-ring (bicyclic) bond motifs is 2. The number of rotatable bonds is 9. The molecule has 0 aromatic heterocycles. The minimum atomic E-state index is 1.09. The number of benzene rings is 10. The summed E-state index contributed by atoms with van der Waals surface area (Å²) in [6.45, 7) is 0. The molecule has 0 saturated heterocycles. The zero-order chi connectivity index (χ0) is 38.7. The van der Waals surface area contributed by atoms with Crippen LogP contribution in [-0.2, 0) is 0 Å². The molecule has 0 saturated carbocycles. The van der Waals surface area contributed by atoms with Gasteiger partial charge in [0.25, 0.3) is 0 Å². The third-order valence-corrected chi connectivity index (χ3v) is 11.0. The molecule has 0 unspecified atom stereocenters. The first-order valence-corrected chi connectivity index (χ1v) is 19.9. The molecule has 2 heteroatoms. The van der Waals surface area contributed by atoms with Crippen LogP contribution in [0.25, 0.3) is 54.9 Å². The molecule has 0 atom stereocenters. The van der Waals surface area contributed by atoms with Crippen LogP contribution in [0.4, 0.5) is 34.1 Å². The van der Waals surface area contributed by atoms with Gasteiger partial charge in [0.2, 0.25) is 0 Å². The van der Waals surface area contributed by atoms with Crippen LogP contribution in [0, 0.1) is 0 Å². The van der Waals surface area contributed by atoms with Gasteiger partial charge in [-0.3, -0.25) is 0 Å². The Kier molecular flexibility index (Phi) is 9.27. The van der Waals surface area contributed by atoms with Crippen molar-refractivity contribution in [3.8, 4) is 33.4 Å². The summed E-state index contributed by atoms with van der Waals surface area (Å²) in [6, 6.07) is 87.5. The predicted octanol–water partition coefficient (Wildman–Crippen LogP) is 15.9. The average molecular weight is 741 g/mol. The van der Waals surface area contributed by atoms with E-state index in [0.717, 1.165) is 67.2 Å².